The maximum absolute atomic E-state index is 5.58. The standard InChI is InChI=1S/C16H21NOS.ClH/c1-11-9-16(13(3)18-11)12(2)17-10-14-5-7-15(19-4)8-6-14;/h5-9,12,17H,10H2,1-4H3;1H. The molecule has 2 aromatic rings. The predicted octanol–water partition coefficient (Wildman–Crippen LogP) is 4.89. The highest BCUT2D eigenvalue weighted by Gasteiger charge is 2.11. The molecule has 0 saturated heterocycles. The average molecular weight is 312 g/mol. The Morgan fingerprint density at radius 2 is 1.85 bits per heavy atom. The summed E-state index contributed by atoms with van der Waals surface area (Å²) < 4.78 is 5.58. The number of halogens is 1. The predicted molar refractivity (Wildman–Crippen MR) is 88.9 cm³/mol. The third-order valence-corrected chi connectivity index (χ3v) is 4.06. The Labute approximate surface area is 131 Å². The van der Waals surface area contributed by atoms with Crippen LogP contribution in [0.4, 0.5) is 0 Å². The lowest BCUT2D eigenvalue weighted by Gasteiger charge is -2.13. The first-order chi connectivity index (χ1) is 9.10. The molecule has 0 amide bonds. The molecule has 1 aromatic heterocycles. The summed E-state index contributed by atoms with van der Waals surface area (Å²) in [5.74, 6) is 1.99. The van der Waals surface area contributed by atoms with Gasteiger partial charge in [-0.2, -0.15) is 0 Å². The number of thioether (sulfide) groups is 1. The van der Waals surface area contributed by atoms with Crippen molar-refractivity contribution in [3.05, 3.63) is 53.0 Å². The molecule has 0 aliphatic carbocycles. The van der Waals surface area contributed by atoms with E-state index in [2.05, 4.69) is 48.8 Å². The quantitative estimate of drug-likeness (QED) is 0.796. The molecule has 0 radical (unpaired) electrons. The lowest BCUT2D eigenvalue weighted by atomic mass is 10.1. The van der Waals surface area contributed by atoms with Gasteiger partial charge in [0.15, 0.2) is 0 Å². The Bertz CT molecular complexity index is 536. The number of aryl methyl sites for hydroxylation is 2. The number of furan rings is 1. The molecule has 0 saturated carbocycles. The van der Waals surface area contributed by atoms with E-state index in [-0.39, 0.29) is 12.4 Å². The minimum absolute atomic E-state index is 0. The summed E-state index contributed by atoms with van der Waals surface area (Å²) in [6.07, 6.45) is 2.10. The highest BCUT2D eigenvalue weighted by molar-refractivity contribution is 7.98. The largest absolute Gasteiger partial charge is 0.466 e. The van der Waals surface area contributed by atoms with Crippen molar-refractivity contribution in [2.75, 3.05) is 6.26 Å². The van der Waals surface area contributed by atoms with Gasteiger partial charge < -0.3 is 9.73 Å². The summed E-state index contributed by atoms with van der Waals surface area (Å²) in [7, 11) is 0. The van der Waals surface area contributed by atoms with Crippen LogP contribution in [0.5, 0.6) is 0 Å². The van der Waals surface area contributed by atoms with E-state index in [1.807, 2.05) is 13.8 Å². The van der Waals surface area contributed by atoms with Gasteiger partial charge in [0.05, 0.1) is 0 Å². The lowest BCUT2D eigenvalue weighted by molar-refractivity contribution is 0.489. The second-order valence-electron chi connectivity index (χ2n) is 4.82. The third-order valence-electron chi connectivity index (χ3n) is 3.32. The first-order valence-corrected chi connectivity index (χ1v) is 7.76. The van der Waals surface area contributed by atoms with Crippen molar-refractivity contribution in [3.63, 3.8) is 0 Å². The highest BCUT2D eigenvalue weighted by atomic mass is 35.5. The summed E-state index contributed by atoms with van der Waals surface area (Å²) in [6.45, 7) is 7.06. The third kappa shape index (κ3) is 4.30. The zero-order valence-corrected chi connectivity index (χ0v) is 14.0. The minimum Gasteiger partial charge on any atom is -0.466 e. The second-order valence-corrected chi connectivity index (χ2v) is 5.70. The van der Waals surface area contributed by atoms with Crippen LogP contribution in [0.2, 0.25) is 0 Å². The summed E-state index contributed by atoms with van der Waals surface area (Å²) in [5.41, 5.74) is 2.56. The molecule has 1 N–H and O–H groups in total. The van der Waals surface area contributed by atoms with Gasteiger partial charge in [-0.05, 0) is 50.8 Å². The van der Waals surface area contributed by atoms with Crippen LogP contribution < -0.4 is 5.32 Å². The van der Waals surface area contributed by atoms with E-state index in [9.17, 15) is 0 Å². The van der Waals surface area contributed by atoms with Gasteiger partial charge in [-0.25, -0.2) is 0 Å². The van der Waals surface area contributed by atoms with Crippen LogP contribution in [0.15, 0.2) is 39.6 Å². The molecule has 0 aliphatic rings. The van der Waals surface area contributed by atoms with Crippen molar-refractivity contribution in [3.8, 4) is 0 Å². The molecule has 1 aromatic carbocycles. The van der Waals surface area contributed by atoms with Gasteiger partial charge in [-0.3, -0.25) is 0 Å². The van der Waals surface area contributed by atoms with E-state index in [0.717, 1.165) is 18.1 Å². The molecule has 1 heterocycles. The van der Waals surface area contributed by atoms with Crippen molar-refractivity contribution >= 4 is 24.2 Å². The van der Waals surface area contributed by atoms with Gasteiger partial charge in [0.25, 0.3) is 0 Å². The SMILES string of the molecule is CSc1ccc(CNC(C)c2cc(C)oc2C)cc1.Cl. The van der Waals surface area contributed by atoms with Crippen LogP contribution in [-0.2, 0) is 6.54 Å². The van der Waals surface area contributed by atoms with E-state index in [1.54, 1.807) is 11.8 Å². The smallest absolute Gasteiger partial charge is 0.105 e. The number of rotatable bonds is 5. The number of hydrogen-bond acceptors (Lipinski definition) is 3. The molecule has 4 heteroatoms. The molecule has 0 fully saturated rings. The molecule has 1 unspecified atom stereocenters. The average Bonchev–Trinajstić information content (AvgIpc) is 2.75. The van der Waals surface area contributed by atoms with Crippen LogP contribution in [0.25, 0.3) is 0 Å². The maximum atomic E-state index is 5.58. The molecule has 20 heavy (non-hydrogen) atoms. The van der Waals surface area contributed by atoms with Crippen LogP contribution in [0, 0.1) is 13.8 Å². The van der Waals surface area contributed by atoms with Crippen LogP contribution >= 0.6 is 24.2 Å². The fourth-order valence-corrected chi connectivity index (χ4v) is 2.61. The van der Waals surface area contributed by atoms with Crippen molar-refractivity contribution in [2.45, 2.75) is 38.3 Å². The van der Waals surface area contributed by atoms with Gasteiger partial charge in [0.2, 0.25) is 0 Å². The molecule has 110 valence electrons. The van der Waals surface area contributed by atoms with Gasteiger partial charge in [-0.1, -0.05) is 12.1 Å². The second kappa shape index (κ2) is 7.77. The fourth-order valence-electron chi connectivity index (χ4n) is 2.20. The van der Waals surface area contributed by atoms with Crippen molar-refractivity contribution in [2.24, 2.45) is 0 Å². The van der Waals surface area contributed by atoms with E-state index < -0.39 is 0 Å². The van der Waals surface area contributed by atoms with E-state index in [0.29, 0.717) is 6.04 Å². The van der Waals surface area contributed by atoms with E-state index >= 15 is 0 Å². The Morgan fingerprint density at radius 3 is 2.35 bits per heavy atom. The summed E-state index contributed by atoms with van der Waals surface area (Å²) >= 11 is 1.77. The maximum Gasteiger partial charge on any atom is 0.105 e. The molecule has 0 aliphatic heterocycles. The zero-order valence-electron chi connectivity index (χ0n) is 12.4. The number of benzene rings is 1. The molecule has 2 nitrogen and oxygen atoms in total. The number of hydrogen-bond donors (Lipinski definition) is 1. The summed E-state index contributed by atoms with van der Waals surface area (Å²) in [6, 6.07) is 11.1. The topological polar surface area (TPSA) is 25.2 Å². The first-order valence-electron chi connectivity index (χ1n) is 6.53. The van der Waals surface area contributed by atoms with Crippen molar-refractivity contribution in [1.82, 2.24) is 5.32 Å². The molecule has 1 atom stereocenters. The van der Waals surface area contributed by atoms with Crippen LogP contribution in [-0.4, -0.2) is 6.26 Å². The van der Waals surface area contributed by atoms with E-state index in [4.69, 9.17) is 4.42 Å². The molecular formula is C16H22ClNOS. The lowest BCUT2D eigenvalue weighted by Crippen LogP contribution is -2.18. The summed E-state index contributed by atoms with van der Waals surface area (Å²) in [4.78, 5) is 1.30. The highest BCUT2D eigenvalue weighted by Crippen LogP contribution is 2.21. The van der Waals surface area contributed by atoms with E-state index in [1.165, 1.54) is 16.0 Å². The molecule has 0 spiro atoms. The van der Waals surface area contributed by atoms with Crippen LogP contribution in [0.3, 0.4) is 0 Å². The zero-order chi connectivity index (χ0) is 13.8. The minimum atomic E-state index is 0. The normalized spacial score (nSPS) is 12.0. The van der Waals surface area contributed by atoms with Crippen LogP contribution in [0.1, 0.15) is 35.6 Å². The Hall–Kier alpha value is -0.900. The van der Waals surface area contributed by atoms with Gasteiger partial charge in [0, 0.05) is 23.0 Å². The fraction of sp³-hybridized carbons (Fsp3) is 0.375. The van der Waals surface area contributed by atoms with Gasteiger partial charge >= 0.3 is 0 Å². The Morgan fingerprint density at radius 1 is 1.20 bits per heavy atom. The van der Waals surface area contributed by atoms with Crippen molar-refractivity contribution < 1.29 is 4.42 Å². The van der Waals surface area contributed by atoms with Crippen molar-refractivity contribution in [1.29, 1.82) is 0 Å². The van der Waals surface area contributed by atoms with Gasteiger partial charge in [-0.15, -0.1) is 24.2 Å². The molecular weight excluding hydrogens is 290 g/mol. The molecule has 2 rings (SSSR count). The first kappa shape index (κ1) is 17.2. The Kier molecular flexibility index (Phi) is 6.66. The monoisotopic (exact) mass is 311 g/mol. The summed E-state index contributed by atoms with van der Waals surface area (Å²) in [5, 5.41) is 3.54. The van der Waals surface area contributed by atoms with Gasteiger partial charge in [0.1, 0.15) is 11.5 Å². The Balaban J connectivity index is 0.00000200. The molecule has 0 bridgehead atoms. The number of nitrogens with one attached hydrogen (secondary N) is 1.